The van der Waals surface area contributed by atoms with Crippen molar-refractivity contribution >= 4 is 11.9 Å². The minimum Gasteiger partial charge on any atom is -0.371 e. The Bertz CT molecular complexity index is 786. The van der Waals surface area contributed by atoms with Gasteiger partial charge in [-0.15, -0.1) is 0 Å². The molecule has 0 amide bonds. The third-order valence-corrected chi connectivity index (χ3v) is 4.98. The van der Waals surface area contributed by atoms with Crippen molar-refractivity contribution in [2.24, 2.45) is 10.9 Å². The lowest BCUT2D eigenvalue weighted by molar-refractivity contribution is 0.456. The lowest BCUT2D eigenvalue weighted by Gasteiger charge is -2.41. The smallest absolute Gasteiger partial charge is 0.0958 e. The summed E-state index contributed by atoms with van der Waals surface area (Å²) in [6.45, 7) is 0.891. The van der Waals surface area contributed by atoms with Crippen LogP contribution in [0.1, 0.15) is 17.5 Å². The van der Waals surface area contributed by atoms with Crippen LogP contribution in [-0.4, -0.2) is 12.8 Å². The van der Waals surface area contributed by atoms with Crippen LogP contribution in [-0.2, 0) is 5.54 Å². The highest BCUT2D eigenvalue weighted by Crippen LogP contribution is 2.42. The van der Waals surface area contributed by atoms with Gasteiger partial charge in [0.05, 0.1) is 5.54 Å². The molecule has 1 aliphatic rings. The molecule has 0 aliphatic carbocycles. The Morgan fingerprint density at radius 3 is 1.72 bits per heavy atom. The molecule has 1 aliphatic heterocycles. The fourth-order valence-corrected chi connectivity index (χ4v) is 3.80. The highest BCUT2D eigenvalue weighted by Gasteiger charge is 2.42. The number of hydrogen-bond donors (Lipinski definition) is 1. The number of aliphatic imine (C=N–C) groups is 1. The summed E-state index contributed by atoms with van der Waals surface area (Å²) in [5, 5.41) is 3.88. The number of para-hydroxylation sites is 1. The van der Waals surface area contributed by atoms with E-state index < -0.39 is 0 Å². The minimum absolute atomic E-state index is 0.303. The molecular formula is C23H22N2. The molecular weight excluding hydrogens is 304 g/mol. The molecule has 3 aromatic carbocycles. The second-order valence-electron chi connectivity index (χ2n) is 6.48. The van der Waals surface area contributed by atoms with Crippen LogP contribution in [0.25, 0.3) is 0 Å². The zero-order valence-electron chi connectivity index (χ0n) is 14.2. The molecule has 0 saturated heterocycles. The maximum atomic E-state index is 4.56. The number of anilines is 1. The SMILES string of the molecule is C1=NCCC1C(Nc1ccccc1)(c1ccccc1)c1ccccc1. The number of rotatable bonds is 5. The molecule has 124 valence electrons. The van der Waals surface area contributed by atoms with Crippen LogP contribution in [0.15, 0.2) is 96.0 Å². The fourth-order valence-electron chi connectivity index (χ4n) is 3.80. The van der Waals surface area contributed by atoms with Crippen LogP contribution < -0.4 is 5.32 Å². The molecule has 25 heavy (non-hydrogen) atoms. The number of nitrogens with one attached hydrogen (secondary N) is 1. The Kier molecular flexibility index (Phi) is 4.34. The summed E-state index contributed by atoms with van der Waals surface area (Å²) >= 11 is 0. The molecule has 1 atom stereocenters. The van der Waals surface area contributed by atoms with Gasteiger partial charge in [-0.25, -0.2) is 0 Å². The van der Waals surface area contributed by atoms with E-state index in [0.717, 1.165) is 18.7 Å². The van der Waals surface area contributed by atoms with Gasteiger partial charge in [0.25, 0.3) is 0 Å². The van der Waals surface area contributed by atoms with E-state index in [0.29, 0.717) is 5.92 Å². The van der Waals surface area contributed by atoms with Crippen molar-refractivity contribution in [1.29, 1.82) is 0 Å². The average molecular weight is 326 g/mol. The third kappa shape index (κ3) is 2.96. The molecule has 4 rings (SSSR count). The van der Waals surface area contributed by atoms with Crippen LogP contribution in [0.2, 0.25) is 0 Å². The predicted molar refractivity (Wildman–Crippen MR) is 105 cm³/mol. The molecule has 2 nitrogen and oxygen atoms in total. The molecule has 0 fully saturated rings. The zero-order chi connectivity index (χ0) is 17.0. The quantitative estimate of drug-likeness (QED) is 0.690. The standard InChI is InChI=1S/C23H22N2/c1-4-10-19(11-5-1)23(21-16-17-24-18-21,20-12-6-2-7-13-20)25-22-14-8-3-9-15-22/h1-15,18,21,25H,16-17H2. The van der Waals surface area contributed by atoms with Gasteiger partial charge in [-0.05, 0) is 29.7 Å². The van der Waals surface area contributed by atoms with Crippen LogP contribution in [0, 0.1) is 5.92 Å². The van der Waals surface area contributed by atoms with Gasteiger partial charge in [0.2, 0.25) is 0 Å². The van der Waals surface area contributed by atoms with Gasteiger partial charge in [0.15, 0.2) is 0 Å². The van der Waals surface area contributed by atoms with Gasteiger partial charge in [0.1, 0.15) is 0 Å². The lowest BCUT2D eigenvalue weighted by Crippen LogP contribution is -2.44. The maximum absolute atomic E-state index is 4.56. The Morgan fingerprint density at radius 2 is 1.24 bits per heavy atom. The molecule has 0 aromatic heterocycles. The Morgan fingerprint density at radius 1 is 0.720 bits per heavy atom. The molecule has 2 heteroatoms. The van der Waals surface area contributed by atoms with E-state index in [9.17, 15) is 0 Å². The normalized spacial score (nSPS) is 16.7. The third-order valence-electron chi connectivity index (χ3n) is 4.98. The van der Waals surface area contributed by atoms with Crippen LogP contribution >= 0.6 is 0 Å². The molecule has 0 radical (unpaired) electrons. The van der Waals surface area contributed by atoms with E-state index in [-0.39, 0.29) is 5.54 Å². The van der Waals surface area contributed by atoms with Crippen LogP contribution in [0.3, 0.4) is 0 Å². The van der Waals surface area contributed by atoms with E-state index in [1.54, 1.807) is 0 Å². The van der Waals surface area contributed by atoms with Crippen molar-refractivity contribution in [3.63, 3.8) is 0 Å². The Hall–Kier alpha value is -2.87. The first-order valence-electron chi connectivity index (χ1n) is 8.84. The van der Waals surface area contributed by atoms with Crippen molar-refractivity contribution in [3.05, 3.63) is 102 Å². The van der Waals surface area contributed by atoms with E-state index in [1.807, 2.05) is 0 Å². The molecule has 1 N–H and O–H groups in total. The van der Waals surface area contributed by atoms with E-state index in [2.05, 4.69) is 108 Å². The monoisotopic (exact) mass is 326 g/mol. The molecule has 1 unspecified atom stereocenters. The maximum Gasteiger partial charge on any atom is 0.0958 e. The zero-order valence-corrected chi connectivity index (χ0v) is 14.2. The van der Waals surface area contributed by atoms with Crippen molar-refractivity contribution in [2.75, 3.05) is 11.9 Å². The van der Waals surface area contributed by atoms with Gasteiger partial charge in [-0.2, -0.15) is 0 Å². The molecule has 0 saturated carbocycles. The van der Waals surface area contributed by atoms with Crippen molar-refractivity contribution in [3.8, 4) is 0 Å². The summed E-state index contributed by atoms with van der Waals surface area (Å²) in [5.41, 5.74) is 3.33. The second kappa shape index (κ2) is 6.94. The lowest BCUT2D eigenvalue weighted by atomic mass is 9.72. The van der Waals surface area contributed by atoms with Crippen LogP contribution in [0.4, 0.5) is 5.69 Å². The second-order valence-corrected chi connectivity index (χ2v) is 6.48. The van der Waals surface area contributed by atoms with Crippen molar-refractivity contribution in [1.82, 2.24) is 0 Å². The molecule has 0 spiro atoms. The van der Waals surface area contributed by atoms with Gasteiger partial charge in [-0.3, -0.25) is 4.99 Å². The first-order valence-corrected chi connectivity index (χ1v) is 8.84. The minimum atomic E-state index is -0.329. The highest BCUT2D eigenvalue weighted by atomic mass is 15.0. The summed E-state index contributed by atoms with van der Waals surface area (Å²) in [4.78, 5) is 4.56. The number of benzene rings is 3. The number of nitrogens with zero attached hydrogens (tertiary/aromatic N) is 1. The van der Waals surface area contributed by atoms with Crippen molar-refractivity contribution in [2.45, 2.75) is 12.0 Å². The number of hydrogen-bond acceptors (Lipinski definition) is 2. The molecule has 3 aromatic rings. The summed E-state index contributed by atoms with van der Waals surface area (Å²) < 4.78 is 0. The summed E-state index contributed by atoms with van der Waals surface area (Å²) in [6, 6.07) is 31.9. The Balaban J connectivity index is 1.92. The largest absolute Gasteiger partial charge is 0.371 e. The van der Waals surface area contributed by atoms with Crippen LogP contribution in [0.5, 0.6) is 0 Å². The van der Waals surface area contributed by atoms with E-state index in [4.69, 9.17) is 0 Å². The summed E-state index contributed by atoms with van der Waals surface area (Å²) in [5.74, 6) is 0.303. The summed E-state index contributed by atoms with van der Waals surface area (Å²) in [7, 11) is 0. The van der Waals surface area contributed by atoms with Gasteiger partial charge >= 0.3 is 0 Å². The van der Waals surface area contributed by atoms with Gasteiger partial charge in [0, 0.05) is 24.4 Å². The van der Waals surface area contributed by atoms with E-state index in [1.165, 1.54) is 11.1 Å². The van der Waals surface area contributed by atoms with E-state index >= 15 is 0 Å². The van der Waals surface area contributed by atoms with Gasteiger partial charge < -0.3 is 5.32 Å². The molecule has 1 heterocycles. The van der Waals surface area contributed by atoms with Gasteiger partial charge in [-0.1, -0.05) is 78.9 Å². The molecule has 0 bridgehead atoms. The first-order chi connectivity index (χ1) is 12.4. The Labute approximate surface area is 149 Å². The highest BCUT2D eigenvalue weighted by molar-refractivity contribution is 5.70. The average Bonchev–Trinajstić information content (AvgIpc) is 3.23. The first kappa shape index (κ1) is 15.6. The summed E-state index contributed by atoms with van der Waals surface area (Å²) in [6.07, 6.45) is 3.18. The topological polar surface area (TPSA) is 24.4 Å². The fraction of sp³-hybridized carbons (Fsp3) is 0.174. The predicted octanol–water partition coefficient (Wildman–Crippen LogP) is 5.13. The van der Waals surface area contributed by atoms with Crippen molar-refractivity contribution < 1.29 is 0 Å².